The first-order valence-corrected chi connectivity index (χ1v) is 49.0. The minimum Gasteiger partial charge on any atom is -0.382 e. The van der Waals surface area contributed by atoms with E-state index in [2.05, 4.69) is 56.8 Å². The van der Waals surface area contributed by atoms with Crippen molar-refractivity contribution in [2.24, 2.45) is 23.7 Å². The summed E-state index contributed by atoms with van der Waals surface area (Å²) in [4.78, 5) is 96.6. The lowest BCUT2D eigenvalue weighted by atomic mass is 9.87. The van der Waals surface area contributed by atoms with Crippen LogP contribution in [0.3, 0.4) is 0 Å². The first-order chi connectivity index (χ1) is 69.6. The SMILES string of the molecule is C=CC(=O)N1C(c2nc(-c3ccc(C(C)(O)c4ccccc4)cc3)c3c(N)nccn23)CC2CC21.C=CC(=O)N1C2CC[C@@H](C2)C1c1nc(-c2ccc(C(C)(O)c3ccccc3)cc2)c2c(N)nccn12.CC#CC(=O)N1C(c2nc(-c3ccc(C(C)(O)c4ccccc4)cc3)c3c(N)nccn23)CC2CC21.CC#CC(=O)N1C2CC[C@@H](C2)C1c1nc(-c2ccc(C(C)(O)c3ccccc3)cc2)c2c(N)nccn12. The summed E-state index contributed by atoms with van der Waals surface area (Å²) in [5, 5.41) is 45.0. The number of nitrogens with zero attached hydrogens (tertiary/aromatic N) is 16. The number of aromatic nitrogens is 12. The second-order valence-corrected chi connectivity index (χ2v) is 39.5. The Kier molecular flexibility index (Phi) is 24.4. The Morgan fingerprint density at radius 3 is 0.910 bits per heavy atom. The lowest BCUT2D eigenvalue weighted by Crippen LogP contribution is -2.40. The number of rotatable bonds is 18. The molecule has 14 unspecified atom stereocenters. The number of likely N-dealkylation sites (tertiary alicyclic amines) is 4. The average molecular weight is 1910 g/mol. The van der Waals surface area contributed by atoms with E-state index in [1.807, 2.05) is 280 Å². The first-order valence-electron chi connectivity index (χ1n) is 49.0. The van der Waals surface area contributed by atoms with Gasteiger partial charge < -0.3 is 63.0 Å². The van der Waals surface area contributed by atoms with E-state index < -0.39 is 22.4 Å². The van der Waals surface area contributed by atoms with Crippen molar-refractivity contribution in [3.8, 4) is 68.7 Å². The third-order valence-electron chi connectivity index (χ3n) is 31.0. The van der Waals surface area contributed by atoms with Crippen molar-refractivity contribution in [1.82, 2.24) is 77.1 Å². The van der Waals surface area contributed by atoms with Crippen LogP contribution >= 0.6 is 0 Å². The number of hydrogen-bond donors (Lipinski definition) is 8. The van der Waals surface area contributed by atoms with Gasteiger partial charge in [-0.25, -0.2) is 39.9 Å². The number of anilines is 4. The minimum atomic E-state index is -1.13. The lowest BCUT2D eigenvalue weighted by molar-refractivity contribution is -0.131. The van der Waals surface area contributed by atoms with Crippen molar-refractivity contribution >= 4 is 69.0 Å². The fourth-order valence-corrected chi connectivity index (χ4v) is 23.4. The molecule has 724 valence electrons. The van der Waals surface area contributed by atoms with E-state index in [0.717, 1.165) is 177 Å². The van der Waals surface area contributed by atoms with E-state index in [0.29, 0.717) is 69.5 Å². The number of nitrogens with two attached hydrogens (primary N) is 4. The van der Waals surface area contributed by atoms with Gasteiger partial charge in [-0.2, -0.15) is 0 Å². The molecule has 144 heavy (non-hydrogen) atoms. The summed E-state index contributed by atoms with van der Waals surface area (Å²) in [5.74, 6) is 16.9. The summed E-state index contributed by atoms with van der Waals surface area (Å²) in [7, 11) is 0. The molecule has 24 rings (SSSR count). The molecule has 4 aliphatic carbocycles. The molecule has 8 aromatic carbocycles. The molecule has 4 saturated heterocycles. The van der Waals surface area contributed by atoms with Crippen LogP contribution in [-0.2, 0) is 41.6 Å². The van der Waals surface area contributed by atoms with E-state index in [-0.39, 0.29) is 72.0 Å². The molecule has 8 aromatic heterocycles. The third kappa shape index (κ3) is 16.6. The third-order valence-corrected chi connectivity index (χ3v) is 31.0. The molecule has 4 bridgehead atoms. The van der Waals surface area contributed by atoms with E-state index in [9.17, 15) is 39.6 Å². The summed E-state index contributed by atoms with van der Waals surface area (Å²) in [6.45, 7) is 18.0. The summed E-state index contributed by atoms with van der Waals surface area (Å²) in [5.41, 5.74) is 36.5. The van der Waals surface area contributed by atoms with Crippen molar-refractivity contribution < 1.29 is 39.6 Å². The van der Waals surface area contributed by atoms with Gasteiger partial charge in [-0.05, 0) is 198 Å². The zero-order chi connectivity index (χ0) is 100. The molecule has 8 aliphatic rings. The molecule has 16 atom stereocenters. The zero-order valence-electron chi connectivity index (χ0n) is 80.9. The van der Waals surface area contributed by atoms with Gasteiger partial charge in [0.25, 0.3) is 11.8 Å². The number of fused-ring (bicyclic) bond motifs is 10. The molecule has 0 radical (unpaired) electrons. The Morgan fingerprint density at radius 1 is 0.333 bits per heavy atom. The van der Waals surface area contributed by atoms with Gasteiger partial charge in [-0.15, -0.1) is 0 Å². The van der Waals surface area contributed by atoms with Crippen molar-refractivity contribution in [3.05, 3.63) is 361 Å². The van der Waals surface area contributed by atoms with Crippen LogP contribution in [-0.4, -0.2) is 145 Å². The molecule has 28 nitrogen and oxygen atoms in total. The highest BCUT2D eigenvalue weighted by Gasteiger charge is 2.58. The average Bonchev–Trinajstić information content (AvgIpc) is 1.60. The van der Waals surface area contributed by atoms with Crippen molar-refractivity contribution in [3.63, 3.8) is 0 Å². The summed E-state index contributed by atoms with van der Waals surface area (Å²) >= 11 is 0. The molecular weight excluding hydrogens is 1800 g/mol. The smallest absolute Gasteiger partial charge is 0.299 e. The van der Waals surface area contributed by atoms with Crippen LogP contribution in [0.1, 0.15) is 198 Å². The van der Waals surface area contributed by atoms with Crippen LogP contribution in [0.5, 0.6) is 0 Å². The summed E-state index contributed by atoms with van der Waals surface area (Å²) in [6, 6.07) is 69.7. The molecule has 28 heteroatoms. The van der Waals surface area contributed by atoms with Crippen molar-refractivity contribution in [1.29, 1.82) is 0 Å². The van der Waals surface area contributed by atoms with Gasteiger partial charge >= 0.3 is 0 Å². The van der Waals surface area contributed by atoms with Gasteiger partial charge in [0.2, 0.25) is 11.8 Å². The number of carbonyl (C=O) groups is 4. The normalized spacial score (nSPS) is 22.3. The van der Waals surface area contributed by atoms with E-state index in [1.54, 1.807) is 66.3 Å². The van der Waals surface area contributed by atoms with E-state index in [4.69, 9.17) is 42.9 Å². The molecule has 0 spiro atoms. The Morgan fingerprint density at radius 2 is 0.597 bits per heavy atom. The fourth-order valence-electron chi connectivity index (χ4n) is 23.4. The Balaban J connectivity index is 0.000000113. The Hall–Kier alpha value is -16.2. The lowest BCUT2D eigenvalue weighted by Gasteiger charge is -2.33. The van der Waals surface area contributed by atoms with Crippen LogP contribution in [0.2, 0.25) is 0 Å². The predicted molar refractivity (Wildman–Crippen MR) is 553 cm³/mol. The number of carbonyl (C=O) groups excluding carboxylic acids is 4. The quantitative estimate of drug-likeness (QED) is 0.0292. The number of imidazole rings is 4. The molecule has 4 saturated carbocycles. The van der Waals surface area contributed by atoms with Gasteiger partial charge in [-0.3, -0.25) is 36.8 Å². The molecule has 12 heterocycles. The highest BCUT2D eigenvalue weighted by Crippen LogP contribution is 2.58. The van der Waals surface area contributed by atoms with Gasteiger partial charge in [-0.1, -0.05) is 243 Å². The molecule has 4 aliphatic heterocycles. The highest BCUT2D eigenvalue weighted by atomic mass is 16.3. The van der Waals surface area contributed by atoms with Crippen LogP contribution in [0.4, 0.5) is 23.3 Å². The molecule has 12 N–H and O–H groups in total. The number of hydrogen-bond acceptors (Lipinski definition) is 20. The Bertz CT molecular complexity index is 7820. The van der Waals surface area contributed by atoms with Crippen LogP contribution in [0, 0.1) is 47.4 Å². The van der Waals surface area contributed by atoms with Gasteiger partial charge in [0.15, 0.2) is 0 Å². The monoisotopic (exact) mass is 1910 g/mol. The summed E-state index contributed by atoms with van der Waals surface area (Å²) < 4.78 is 7.89. The maximum Gasteiger partial charge on any atom is 0.299 e. The fraction of sp³-hybridized carbons (Fsp3) is 0.276. The van der Waals surface area contributed by atoms with Crippen molar-refractivity contribution in [2.45, 2.75) is 176 Å². The number of amides is 4. The maximum atomic E-state index is 13.0. The summed E-state index contributed by atoms with van der Waals surface area (Å²) in [6.07, 6.45) is 26.8. The predicted octanol–water partition coefficient (Wildman–Crippen LogP) is 16.8. The van der Waals surface area contributed by atoms with Gasteiger partial charge in [0.05, 0.1) is 24.2 Å². The standard InChI is InChI=1S/C30H29N5O2.C29H29N5O2.C29H27N5O2.C28H27N5O2/c1-3-7-24(36)35-23-15-12-20(18-23)26(35)29-33-25(27-28(31)32-16-17-34(27)29)19-10-13-22(14-11-19)30(2,37)21-8-5-4-6-9-21;1-3-23(35)34-22-14-11-19(17-22)25(34)28-32-24(26-27(30)31-15-16-33(26)28)18-9-12-21(13-10-18)29(2,36)20-7-5-4-6-8-20;1-3-7-24(35)34-22-16-19(22)17-23(34)28-32-25(26-27(30)31-14-15-33(26)28)18-10-12-21(13-11-18)29(2,36)20-8-5-4-6-9-20;1-3-23(34)33-21-15-18(21)16-22(33)27-31-24(25-26(29)30-13-14-32(25)27)17-9-11-20(12-10-17)28(2,35)19-7-5-4-6-8-19/h4-6,8-11,13-14,16-17,20,23,26,37H,12,15,18H2,1-2H3,(H2,31,32);3-10,12-13,15-16,19,22,25,36H,1,11,14,17H2,2H3,(H2,30,31);4-6,8-15,19,22-23,36H,16-17H2,1-2H3,(H2,30,31);3-14,18,21-22,35H,1,15-16H2,2H3,(H2,29,30)/t20-,23?,26?,30?;19-,22?,25?,29?;;/m00../s1. The Labute approximate surface area is 833 Å². The molecular formula is C116H112N20O8. The second-order valence-electron chi connectivity index (χ2n) is 39.5. The van der Waals surface area contributed by atoms with E-state index >= 15 is 0 Å². The largest absolute Gasteiger partial charge is 0.382 e. The number of benzene rings is 8. The van der Waals surface area contributed by atoms with Crippen molar-refractivity contribution in [2.75, 3.05) is 22.9 Å². The van der Waals surface area contributed by atoms with Crippen LogP contribution < -0.4 is 22.9 Å². The molecule has 16 aromatic rings. The van der Waals surface area contributed by atoms with Crippen LogP contribution in [0.15, 0.2) is 293 Å². The van der Waals surface area contributed by atoms with Crippen LogP contribution in [0.25, 0.3) is 67.1 Å². The number of piperidine rings is 4. The number of nitrogen functional groups attached to an aromatic ring is 4. The second kappa shape index (κ2) is 37.3. The molecule has 4 amide bonds. The van der Waals surface area contributed by atoms with E-state index in [1.165, 1.54) is 12.2 Å². The minimum absolute atomic E-state index is 0.0555. The number of aliphatic hydroxyl groups is 4. The first kappa shape index (κ1) is 94.0. The maximum absolute atomic E-state index is 13.0. The highest BCUT2D eigenvalue weighted by molar-refractivity contribution is 5.96. The van der Waals surface area contributed by atoms with Gasteiger partial charge in [0, 0.05) is 96.0 Å². The van der Waals surface area contributed by atoms with Gasteiger partial charge in [0.1, 0.15) is 114 Å². The zero-order valence-corrected chi connectivity index (χ0v) is 80.9. The molecule has 8 fully saturated rings. The topological polar surface area (TPSA) is 387 Å².